The highest BCUT2D eigenvalue weighted by molar-refractivity contribution is 5.27. The molecule has 2 N–H and O–H groups in total. The zero-order chi connectivity index (χ0) is 16.0. The Morgan fingerprint density at radius 2 is 1.73 bits per heavy atom. The maximum Gasteiger partial charge on any atom is 0.119 e. The number of nitrogens with zero attached hydrogens (tertiary/aromatic N) is 1. The van der Waals surface area contributed by atoms with Crippen LogP contribution in [0.4, 0.5) is 0 Å². The summed E-state index contributed by atoms with van der Waals surface area (Å²) in [4.78, 5) is 2.42. The minimum atomic E-state index is 0.790. The summed E-state index contributed by atoms with van der Waals surface area (Å²) in [6.07, 6.45) is 2.24. The maximum absolute atomic E-state index is 5.80. The topological polar surface area (TPSA) is 36.5 Å². The second-order valence-electron chi connectivity index (χ2n) is 5.51. The van der Waals surface area contributed by atoms with E-state index in [4.69, 9.17) is 4.74 Å². The molecule has 0 amide bonds. The van der Waals surface area contributed by atoms with Crippen LogP contribution >= 0.6 is 0 Å². The quantitative estimate of drug-likeness (QED) is 0.549. The molecular weight excluding hydrogens is 274 g/mol. The van der Waals surface area contributed by atoms with Crippen molar-refractivity contribution in [3.63, 3.8) is 0 Å². The van der Waals surface area contributed by atoms with Crippen molar-refractivity contribution in [2.75, 3.05) is 46.4 Å². The molecule has 0 atom stereocenters. The van der Waals surface area contributed by atoms with Crippen molar-refractivity contribution in [2.45, 2.75) is 33.2 Å². The fourth-order valence-electron chi connectivity index (χ4n) is 2.34. The van der Waals surface area contributed by atoms with E-state index in [9.17, 15) is 0 Å². The molecule has 0 aliphatic carbocycles. The van der Waals surface area contributed by atoms with Gasteiger partial charge in [0.2, 0.25) is 0 Å². The zero-order valence-corrected chi connectivity index (χ0v) is 14.5. The standard InChI is InChI=1S/C18H33N3O/c1-4-21(5-2)14-7-15-22-18-10-8-17(9-11-18)16-20-13-6-12-19-3/h8-11,19-20H,4-7,12-16H2,1-3H3. The van der Waals surface area contributed by atoms with Gasteiger partial charge in [0.15, 0.2) is 0 Å². The molecule has 4 nitrogen and oxygen atoms in total. The van der Waals surface area contributed by atoms with Crippen LogP contribution in [0.5, 0.6) is 5.75 Å². The molecule has 4 heteroatoms. The third-order valence-electron chi connectivity index (χ3n) is 3.81. The normalized spacial score (nSPS) is 11.1. The molecule has 126 valence electrons. The lowest BCUT2D eigenvalue weighted by molar-refractivity contribution is 0.249. The summed E-state index contributed by atoms with van der Waals surface area (Å²) in [6.45, 7) is 11.6. The SMILES string of the molecule is CCN(CC)CCCOc1ccc(CNCCCNC)cc1. The van der Waals surface area contributed by atoms with Gasteiger partial charge in [-0.05, 0) is 63.8 Å². The summed E-state index contributed by atoms with van der Waals surface area (Å²) in [7, 11) is 1.99. The van der Waals surface area contributed by atoms with E-state index in [1.807, 2.05) is 7.05 Å². The first-order chi connectivity index (χ1) is 10.8. The average Bonchev–Trinajstić information content (AvgIpc) is 2.56. The van der Waals surface area contributed by atoms with Gasteiger partial charge in [0.25, 0.3) is 0 Å². The van der Waals surface area contributed by atoms with Gasteiger partial charge in [0.1, 0.15) is 5.75 Å². The van der Waals surface area contributed by atoms with E-state index in [0.29, 0.717) is 0 Å². The summed E-state index contributed by atoms with van der Waals surface area (Å²) in [5.74, 6) is 0.971. The smallest absolute Gasteiger partial charge is 0.119 e. The number of hydrogen-bond acceptors (Lipinski definition) is 4. The Morgan fingerprint density at radius 3 is 2.36 bits per heavy atom. The number of benzene rings is 1. The lowest BCUT2D eigenvalue weighted by Gasteiger charge is -2.17. The van der Waals surface area contributed by atoms with E-state index < -0.39 is 0 Å². The molecule has 1 aromatic carbocycles. The fourth-order valence-corrected chi connectivity index (χ4v) is 2.34. The predicted molar refractivity (Wildman–Crippen MR) is 94.6 cm³/mol. The van der Waals surface area contributed by atoms with Crippen LogP contribution in [0.2, 0.25) is 0 Å². The van der Waals surface area contributed by atoms with E-state index in [1.165, 1.54) is 5.56 Å². The summed E-state index contributed by atoms with van der Waals surface area (Å²) in [5, 5.41) is 6.60. The first-order valence-electron chi connectivity index (χ1n) is 8.59. The van der Waals surface area contributed by atoms with Crippen molar-refractivity contribution in [1.82, 2.24) is 15.5 Å². The first-order valence-corrected chi connectivity index (χ1v) is 8.59. The molecule has 0 spiro atoms. The van der Waals surface area contributed by atoms with Crippen LogP contribution in [0.15, 0.2) is 24.3 Å². The molecule has 0 saturated heterocycles. The molecule has 0 saturated carbocycles. The summed E-state index contributed by atoms with van der Waals surface area (Å²) >= 11 is 0. The van der Waals surface area contributed by atoms with Gasteiger partial charge in [-0.2, -0.15) is 0 Å². The van der Waals surface area contributed by atoms with Crippen molar-refractivity contribution < 1.29 is 4.74 Å². The third-order valence-corrected chi connectivity index (χ3v) is 3.81. The first kappa shape index (κ1) is 18.9. The second kappa shape index (κ2) is 12.4. The molecule has 0 aliphatic heterocycles. The van der Waals surface area contributed by atoms with Crippen LogP contribution in [0.1, 0.15) is 32.3 Å². The van der Waals surface area contributed by atoms with E-state index in [-0.39, 0.29) is 0 Å². The van der Waals surface area contributed by atoms with Crippen LogP contribution in [-0.2, 0) is 6.54 Å². The van der Waals surface area contributed by atoms with Crippen LogP contribution in [0.3, 0.4) is 0 Å². The van der Waals surface area contributed by atoms with Crippen molar-refractivity contribution >= 4 is 0 Å². The van der Waals surface area contributed by atoms with Crippen molar-refractivity contribution in [2.24, 2.45) is 0 Å². The van der Waals surface area contributed by atoms with E-state index in [2.05, 4.69) is 53.6 Å². The van der Waals surface area contributed by atoms with Crippen molar-refractivity contribution in [1.29, 1.82) is 0 Å². The monoisotopic (exact) mass is 307 g/mol. The largest absolute Gasteiger partial charge is 0.494 e. The molecule has 0 unspecified atom stereocenters. The van der Waals surface area contributed by atoms with Crippen molar-refractivity contribution in [3.8, 4) is 5.75 Å². The molecule has 22 heavy (non-hydrogen) atoms. The summed E-state index contributed by atoms with van der Waals surface area (Å²) in [5.41, 5.74) is 1.31. The molecule has 0 radical (unpaired) electrons. The number of nitrogens with one attached hydrogen (secondary N) is 2. The van der Waals surface area contributed by atoms with Gasteiger partial charge in [0, 0.05) is 13.1 Å². The number of rotatable bonds is 13. The third kappa shape index (κ3) is 8.37. The molecule has 0 fully saturated rings. The molecule has 0 aromatic heterocycles. The number of hydrogen-bond donors (Lipinski definition) is 2. The molecule has 0 aliphatic rings. The van der Waals surface area contributed by atoms with Crippen LogP contribution in [0, 0.1) is 0 Å². The highest BCUT2D eigenvalue weighted by Crippen LogP contribution is 2.12. The Morgan fingerprint density at radius 1 is 1.00 bits per heavy atom. The number of ether oxygens (including phenoxy) is 1. The molecule has 1 rings (SSSR count). The molecular formula is C18H33N3O. The fraction of sp³-hybridized carbons (Fsp3) is 0.667. The van der Waals surface area contributed by atoms with E-state index in [0.717, 1.165) is 64.5 Å². The van der Waals surface area contributed by atoms with Gasteiger partial charge < -0.3 is 20.3 Å². The lowest BCUT2D eigenvalue weighted by Crippen LogP contribution is -2.25. The van der Waals surface area contributed by atoms with Gasteiger partial charge in [-0.15, -0.1) is 0 Å². The van der Waals surface area contributed by atoms with E-state index in [1.54, 1.807) is 0 Å². The average molecular weight is 307 g/mol. The lowest BCUT2D eigenvalue weighted by atomic mass is 10.2. The van der Waals surface area contributed by atoms with Gasteiger partial charge in [-0.25, -0.2) is 0 Å². The van der Waals surface area contributed by atoms with Crippen molar-refractivity contribution in [3.05, 3.63) is 29.8 Å². The molecule has 0 bridgehead atoms. The highest BCUT2D eigenvalue weighted by Gasteiger charge is 1.99. The minimum absolute atomic E-state index is 0.790. The molecule has 0 heterocycles. The Bertz CT molecular complexity index is 363. The van der Waals surface area contributed by atoms with Crippen LogP contribution < -0.4 is 15.4 Å². The predicted octanol–water partition coefficient (Wildman–Crippen LogP) is 2.50. The second-order valence-corrected chi connectivity index (χ2v) is 5.51. The maximum atomic E-state index is 5.80. The van der Waals surface area contributed by atoms with Gasteiger partial charge in [0.05, 0.1) is 6.61 Å². The summed E-state index contributed by atoms with van der Waals surface area (Å²) < 4.78 is 5.80. The van der Waals surface area contributed by atoms with E-state index >= 15 is 0 Å². The highest BCUT2D eigenvalue weighted by atomic mass is 16.5. The Hall–Kier alpha value is -1.10. The zero-order valence-electron chi connectivity index (χ0n) is 14.5. The Balaban J connectivity index is 2.16. The van der Waals surface area contributed by atoms with Crippen LogP contribution in [-0.4, -0.2) is 51.3 Å². The summed E-state index contributed by atoms with van der Waals surface area (Å²) in [6, 6.07) is 8.43. The minimum Gasteiger partial charge on any atom is -0.494 e. The van der Waals surface area contributed by atoms with Gasteiger partial charge >= 0.3 is 0 Å². The van der Waals surface area contributed by atoms with Gasteiger partial charge in [-0.3, -0.25) is 0 Å². The molecule has 1 aromatic rings. The van der Waals surface area contributed by atoms with Crippen LogP contribution in [0.25, 0.3) is 0 Å². The Labute approximate surface area is 136 Å². The van der Waals surface area contributed by atoms with Gasteiger partial charge in [-0.1, -0.05) is 26.0 Å². The Kier molecular flexibility index (Phi) is 10.7.